The van der Waals surface area contributed by atoms with Gasteiger partial charge in [-0.05, 0) is 42.8 Å². The zero-order valence-electron chi connectivity index (χ0n) is 19.4. The van der Waals surface area contributed by atoms with E-state index in [9.17, 15) is 18.0 Å². The Morgan fingerprint density at radius 1 is 1.03 bits per heavy atom. The summed E-state index contributed by atoms with van der Waals surface area (Å²) in [5.74, 6) is 0.679. The Labute approximate surface area is 209 Å². The molecule has 0 bridgehead atoms. The molecule has 7 nitrogen and oxygen atoms in total. The van der Waals surface area contributed by atoms with E-state index in [1.807, 2.05) is 13.1 Å². The van der Waals surface area contributed by atoms with Crippen LogP contribution < -0.4 is 15.2 Å². The molecule has 0 fully saturated rings. The first-order valence-electron chi connectivity index (χ1n) is 10.9. The molecule has 2 heterocycles. The Hall–Kier alpha value is -3.79. The van der Waals surface area contributed by atoms with Gasteiger partial charge in [0.1, 0.15) is 11.5 Å². The number of ether oxygens (including phenoxy) is 2. The Morgan fingerprint density at radius 3 is 2.42 bits per heavy atom. The molecule has 188 valence electrons. The summed E-state index contributed by atoms with van der Waals surface area (Å²) in [6.45, 7) is 2.46. The molecule has 4 rings (SSSR count). The van der Waals surface area contributed by atoms with Crippen LogP contribution in [-0.2, 0) is 26.2 Å². The van der Waals surface area contributed by atoms with Crippen molar-refractivity contribution in [2.75, 3.05) is 6.61 Å². The molecule has 0 saturated carbocycles. The minimum atomic E-state index is -4.57. The highest BCUT2D eigenvalue weighted by molar-refractivity contribution is 6.31. The number of hydrogen-bond donors (Lipinski definition) is 0. The lowest BCUT2D eigenvalue weighted by Crippen LogP contribution is -2.24. The van der Waals surface area contributed by atoms with Crippen molar-refractivity contribution in [2.45, 2.75) is 26.1 Å². The molecule has 0 aliphatic rings. The van der Waals surface area contributed by atoms with Gasteiger partial charge in [0.25, 0.3) is 0 Å². The number of rotatable bonds is 8. The second-order valence-corrected chi connectivity index (χ2v) is 8.55. The van der Waals surface area contributed by atoms with E-state index in [1.165, 1.54) is 10.6 Å². The van der Waals surface area contributed by atoms with Crippen LogP contribution in [0.5, 0.6) is 17.4 Å². The fraction of sp³-hybridized carbons (Fsp3) is 0.240. The van der Waals surface area contributed by atoms with Crippen LogP contribution in [0.4, 0.5) is 13.2 Å². The lowest BCUT2D eigenvalue weighted by molar-refractivity contribution is -0.137. The highest BCUT2D eigenvalue weighted by atomic mass is 35.5. The van der Waals surface area contributed by atoms with E-state index in [4.69, 9.17) is 21.1 Å². The topological polar surface area (TPSA) is 71.2 Å². The molecule has 0 saturated heterocycles. The van der Waals surface area contributed by atoms with Gasteiger partial charge in [-0.3, -0.25) is 9.25 Å². The fourth-order valence-corrected chi connectivity index (χ4v) is 3.73. The van der Waals surface area contributed by atoms with E-state index in [0.717, 1.165) is 28.8 Å². The molecular weight excluding hydrogens is 497 g/mol. The zero-order valence-corrected chi connectivity index (χ0v) is 20.2. The number of nitrogens with zero attached hydrogens (tertiary/aromatic N) is 4. The lowest BCUT2D eigenvalue weighted by Gasteiger charge is -2.12. The van der Waals surface area contributed by atoms with E-state index in [0.29, 0.717) is 18.7 Å². The molecule has 2 aromatic carbocycles. The largest absolute Gasteiger partial charge is 0.477 e. The van der Waals surface area contributed by atoms with Crippen LogP contribution in [-0.4, -0.2) is 25.9 Å². The predicted molar refractivity (Wildman–Crippen MR) is 128 cm³/mol. The van der Waals surface area contributed by atoms with Crippen LogP contribution in [0.2, 0.25) is 5.02 Å². The number of hydrogen-bond acceptors (Lipinski definition) is 5. The minimum Gasteiger partial charge on any atom is -0.477 e. The van der Waals surface area contributed by atoms with Crippen molar-refractivity contribution in [3.63, 3.8) is 0 Å². The SMILES string of the molecule is Cc1cn(Cc2cnn(C)c2)c(=O)nc1OCCc1ccc(Oc2ccc(Cl)c(C(F)(F)F)c2)cc1. The average Bonchev–Trinajstić information content (AvgIpc) is 3.23. The van der Waals surface area contributed by atoms with E-state index >= 15 is 0 Å². The van der Waals surface area contributed by atoms with Gasteiger partial charge in [-0.25, -0.2) is 4.79 Å². The molecule has 0 radical (unpaired) electrons. The predicted octanol–water partition coefficient (Wildman–Crippen LogP) is 5.42. The van der Waals surface area contributed by atoms with Crippen molar-refractivity contribution < 1.29 is 22.6 Å². The van der Waals surface area contributed by atoms with Gasteiger partial charge < -0.3 is 9.47 Å². The van der Waals surface area contributed by atoms with Crippen LogP contribution in [0, 0.1) is 6.92 Å². The molecule has 11 heteroatoms. The van der Waals surface area contributed by atoms with Gasteiger partial charge in [0.15, 0.2) is 0 Å². The van der Waals surface area contributed by atoms with E-state index in [1.54, 1.807) is 48.4 Å². The minimum absolute atomic E-state index is 0.0302. The third-order valence-corrected chi connectivity index (χ3v) is 5.60. The summed E-state index contributed by atoms with van der Waals surface area (Å²) in [6, 6.07) is 10.3. The molecule has 0 atom stereocenters. The van der Waals surface area contributed by atoms with E-state index in [-0.39, 0.29) is 23.3 Å². The normalized spacial score (nSPS) is 11.5. The molecule has 0 aliphatic heterocycles. The van der Waals surface area contributed by atoms with Crippen LogP contribution >= 0.6 is 11.6 Å². The van der Waals surface area contributed by atoms with Crippen LogP contribution in [0.15, 0.2) is 65.8 Å². The highest BCUT2D eigenvalue weighted by Crippen LogP contribution is 2.37. The number of aromatic nitrogens is 4. The summed E-state index contributed by atoms with van der Waals surface area (Å²) in [5.41, 5.74) is 1.15. The van der Waals surface area contributed by atoms with Gasteiger partial charge in [0, 0.05) is 37.0 Å². The standard InChI is InChI=1S/C25H22ClF3N4O3/c1-16-13-33(15-18-12-30-32(2)14-18)24(34)31-23(16)35-10-9-17-3-5-19(6-4-17)36-20-7-8-22(26)21(11-20)25(27,28)29/h3-8,11-14H,9-10,15H2,1-2H3. The van der Waals surface area contributed by atoms with Crippen molar-refractivity contribution in [2.24, 2.45) is 7.05 Å². The van der Waals surface area contributed by atoms with Gasteiger partial charge in [-0.2, -0.15) is 23.3 Å². The van der Waals surface area contributed by atoms with Crippen LogP contribution in [0.1, 0.15) is 22.3 Å². The molecule has 4 aromatic rings. The van der Waals surface area contributed by atoms with Crippen molar-refractivity contribution >= 4 is 11.6 Å². The third-order valence-electron chi connectivity index (χ3n) is 5.27. The van der Waals surface area contributed by atoms with E-state index in [2.05, 4.69) is 10.1 Å². The smallest absolute Gasteiger partial charge is 0.417 e. The van der Waals surface area contributed by atoms with Crippen LogP contribution in [0.3, 0.4) is 0 Å². The zero-order chi connectivity index (χ0) is 25.9. The molecule has 36 heavy (non-hydrogen) atoms. The van der Waals surface area contributed by atoms with Crippen molar-refractivity contribution in [1.82, 2.24) is 19.3 Å². The Kier molecular flexibility index (Phi) is 7.35. The molecule has 0 N–H and O–H groups in total. The number of alkyl halides is 3. The Bertz CT molecular complexity index is 1420. The van der Waals surface area contributed by atoms with Crippen molar-refractivity contribution in [1.29, 1.82) is 0 Å². The van der Waals surface area contributed by atoms with Crippen molar-refractivity contribution in [3.05, 3.63) is 98.8 Å². The first-order chi connectivity index (χ1) is 17.1. The number of aryl methyl sites for hydroxylation is 2. The molecular formula is C25H22ClF3N4O3. The average molecular weight is 519 g/mol. The second-order valence-electron chi connectivity index (χ2n) is 8.15. The molecule has 0 amide bonds. The van der Waals surface area contributed by atoms with Gasteiger partial charge in [0.05, 0.1) is 29.9 Å². The van der Waals surface area contributed by atoms with Crippen LogP contribution in [0.25, 0.3) is 0 Å². The third kappa shape index (κ3) is 6.25. The maximum absolute atomic E-state index is 13.0. The monoisotopic (exact) mass is 518 g/mol. The quantitative estimate of drug-likeness (QED) is 0.311. The van der Waals surface area contributed by atoms with Gasteiger partial charge in [-0.1, -0.05) is 23.7 Å². The molecule has 2 aromatic heterocycles. The van der Waals surface area contributed by atoms with E-state index < -0.39 is 17.4 Å². The Balaban J connectivity index is 1.34. The molecule has 0 spiro atoms. The first kappa shape index (κ1) is 25.3. The van der Waals surface area contributed by atoms with Gasteiger partial charge in [-0.15, -0.1) is 0 Å². The summed E-state index contributed by atoms with van der Waals surface area (Å²) in [5, 5.41) is 3.71. The number of benzene rings is 2. The molecule has 0 unspecified atom stereocenters. The second kappa shape index (κ2) is 10.4. The number of halogens is 4. The summed E-state index contributed by atoms with van der Waals surface area (Å²) >= 11 is 5.64. The first-order valence-corrected chi connectivity index (χ1v) is 11.3. The summed E-state index contributed by atoms with van der Waals surface area (Å²) < 4.78 is 53.5. The Morgan fingerprint density at radius 2 is 1.75 bits per heavy atom. The highest BCUT2D eigenvalue weighted by Gasteiger charge is 2.33. The summed E-state index contributed by atoms with van der Waals surface area (Å²) in [4.78, 5) is 16.4. The fourth-order valence-electron chi connectivity index (χ4n) is 3.50. The molecule has 0 aliphatic carbocycles. The lowest BCUT2D eigenvalue weighted by atomic mass is 10.1. The van der Waals surface area contributed by atoms with Crippen molar-refractivity contribution in [3.8, 4) is 17.4 Å². The maximum atomic E-state index is 13.0. The van der Waals surface area contributed by atoms with Gasteiger partial charge in [0.2, 0.25) is 5.88 Å². The van der Waals surface area contributed by atoms with Gasteiger partial charge >= 0.3 is 11.9 Å². The maximum Gasteiger partial charge on any atom is 0.417 e. The summed E-state index contributed by atoms with van der Waals surface area (Å²) in [6.07, 6.45) is 1.18. The summed E-state index contributed by atoms with van der Waals surface area (Å²) in [7, 11) is 1.81.